The summed E-state index contributed by atoms with van der Waals surface area (Å²) in [5.74, 6) is -0.984. The van der Waals surface area contributed by atoms with Crippen molar-refractivity contribution in [3.8, 4) is 0 Å². The molecule has 2 fully saturated rings. The number of fused-ring (bicyclic) bond motifs is 1. The predicted molar refractivity (Wildman–Crippen MR) is 132 cm³/mol. The smallest absolute Gasteiger partial charge is 0.308 e. The van der Waals surface area contributed by atoms with Crippen LogP contribution in [0.3, 0.4) is 0 Å². The zero-order valence-electron chi connectivity index (χ0n) is 18.6. The van der Waals surface area contributed by atoms with Crippen molar-refractivity contribution in [3.05, 3.63) is 45.2 Å². The van der Waals surface area contributed by atoms with Crippen LogP contribution in [0.1, 0.15) is 25.3 Å². The van der Waals surface area contributed by atoms with Gasteiger partial charge in [-0.2, -0.15) is 0 Å². The molecule has 2 saturated heterocycles. The van der Waals surface area contributed by atoms with Crippen LogP contribution in [0.25, 0.3) is 11.7 Å². The lowest BCUT2D eigenvalue weighted by Crippen LogP contribution is -2.57. The zero-order valence-corrected chi connectivity index (χ0v) is 20.3. The lowest BCUT2D eigenvalue weighted by molar-refractivity contribution is -0.143. The van der Waals surface area contributed by atoms with E-state index >= 15 is 0 Å². The molecule has 0 radical (unpaired) electrons. The first-order valence-corrected chi connectivity index (χ1v) is 12.0. The number of hydrogen-bond donors (Lipinski definition) is 1. The summed E-state index contributed by atoms with van der Waals surface area (Å²) < 4.78 is 6.57. The second kappa shape index (κ2) is 9.94. The summed E-state index contributed by atoms with van der Waals surface area (Å²) in [6.45, 7) is 3.06. The number of nitrogens with zero attached hydrogens (tertiary/aromatic N) is 4. The minimum absolute atomic E-state index is 0.144. The van der Waals surface area contributed by atoms with Crippen molar-refractivity contribution in [2.45, 2.75) is 25.8 Å². The molecule has 4 rings (SSSR count). The first-order chi connectivity index (χ1) is 16.3. The normalized spacial score (nSPS) is 19.8. The summed E-state index contributed by atoms with van der Waals surface area (Å²) in [6, 6.07) is 4.21. The van der Waals surface area contributed by atoms with Gasteiger partial charge in [-0.3, -0.25) is 28.5 Å². The average molecular weight is 502 g/mol. The Bertz CT molecular complexity index is 1270. The molecule has 2 aromatic rings. The maximum absolute atomic E-state index is 13.5. The van der Waals surface area contributed by atoms with Crippen molar-refractivity contribution < 1.29 is 19.1 Å². The summed E-state index contributed by atoms with van der Waals surface area (Å²) in [5.41, 5.74) is 0.121. The number of anilines is 1. The lowest BCUT2D eigenvalue weighted by atomic mass is 10.1. The molecule has 0 spiro atoms. The SMILES string of the molecule is CCCN1C(=O)/C(=C/c2c(N3CCNC(=O)[C@@H]3CC(=O)OC)nc3ccccn3c2=O)SC1=S. The third kappa shape index (κ3) is 4.42. The topological polar surface area (TPSA) is 113 Å². The number of thioether (sulfide) groups is 1. The van der Waals surface area contributed by atoms with Crippen molar-refractivity contribution in [2.75, 3.05) is 31.6 Å². The fourth-order valence-corrected chi connectivity index (χ4v) is 5.19. The van der Waals surface area contributed by atoms with Gasteiger partial charge in [-0.05, 0) is 24.6 Å². The van der Waals surface area contributed by atoms with Gasteiger partial charge in [-0.15, -0.1) is 0 Å². The molecule has 4 heterocycles. The number of rotatable bonds is 6. The summed E-state index contributed by atoms with van der Waals surface area (Å²) in [7, 11) is 1.25. The maximum Gasteiger partial charge on any atom is 0.308 e. The molecule has 0 aromatic carbocycles. The van der Waals surface area contributed by atoms with E-state index in [4.69, 9.17) is 17.0 Å². The van der Waals surface area contributed by atoms with E-state index in [0.717, 1.165) is 18.2 Å². The minimum Gasteiger partial charge on any atom is -0.469 e. The molecule has 10 nitrogen and oxygen atoms in total. The van der Waals surface area contributed by atoms with E-state index < -0.39 is 17.6 Å². The largest absolute Gasteiger partial charge is 0.469 e. The van der Waals surface area contributed by atoms with Crippen molar-refractivity contribution >= 4 is 63.6 Å². The molecule has 12 heteroatoms. The number of aromatic nitrogens is 2. The van der Waals surface area contributed by atoms with Gasteiger partial charge in [0.1, 0.15) is 21.8 Å². The van der Waals surface area contributed by atoms with E-state index in [9.17, 15) is 19.2 Å². The number of piperazine rings is 1. The van der Waals surface area contributed by atoms with E-state index in [1.165, 1.54) is 22.5 Å². The van der Waals surface area contributed by atoms with Gasteiger partial charge in [0.2, 0.25) is 5.91 Å². The Morgan fingerprint density at radius 1 is 1.35 bits per heavy atom. The Morgan fingerprint density at radius 2 is 2.15 bits per heavy atom. The van der Waals surface area contributed by atoms with Gasteiger partial charge in [0.25, 0.3) is 11.5 Å². The van der Waals surface area contributed by atoms with Crippen LogP contribution in [0.4, 0.5) is 5.82 Å². The highest BCUT2D eigenvalue weighted by Crippen LogP contribution is 2.34. The predicted octanol–water partition coefficient (Wildman–Crippen LogP) is 1.17. The van der Waals surface area contributed by atoms with Crippen LogP contribution in [0, 0.1) is 0 Å². The van der Waals surface area contributed by atoms with Crippen LogP contribution in [0.5, 0.6) is 0 Å². The Labute approximate surface area is 204 Å². The van der Waals surface area contributed by atoms with E-state index in [-0.39, 0.29) is 29.6 Å². The Kier molecular flexibility index (Phi) is 6.98. The highest BCUT2D eigenvalue weighted by Gasteiger charge is 2.36. The highest BCUT2D eigenvalue weighted by atomic mass is 32.2. The number of ether oxygens (including phenoxy) is 1. The first-order valence-electron chi connectivity index (χ1n) is 10.7. The van der Waals surface area contributed by atoms with Crippen LogP contribution in [0.2, 0.25) is 0 Å². The Balaban J connectivity index is 1.88. The molecule has 34 heavy (non-hydrogen) atoms. The van der Waals surface area contributed by atoms with Crippen LogP contribution < -0.4 is 15.8 Å². The summed E-state index contributed by atoms with van der Waals surface area (Å²) in [4.78, 5) is 59.3. The number of thiocarbonyl (C=S) groups is 1. The standard InChI is InChI=1S/C22H23N5O5S2/c1-3-8-27-21(31)15(34-22(27)33)11-13-18(24-16-6-4-5-9-26(16)20(13)30)25-10-7-23-19(29)14(25)12-17(28)32-2/h4-6,9,11,14H,3,7-8,10,12H2,1-2H3,(H,23,29)/b15-11-/t14-/m0/s1. The number of hydrogen-bond acceptors (Lipinski definition) is 9. The lowest BCUT2D eigenvalue weighted by Gasteiger charge is -2.36. The second-order valence-electron chi connectivity index (χ2n) is 7.70. The third-order valence-electron chi connectivity index (χ3n) is 5.54. The number of pyridine rings is 1. The molecule has 0 saturated carbocycles. The molecule has 1 N–H and O–H groups in total. The Morgan fingerprint density at radius 3 is 2.88 bits per heavy atom. The summed E-state index contributed by atoms with van der Waals surface area (Å²) in [6.07, 6.45) is 3.60. The van der Waals surface area contributed by atoms with Gasteiger partial charge in [-0.1, -0.05) is 37.0 Å². The van der Waals surface area contributed by atoms with Crippen molar-refractivity contribution in [1.29, 1.82) is 0 Å². The van der Waals surface area contributed by atoms with Crippen molar-refractivity contribution in [1.82, 2.24) is 19.6 Å². The molecule has 1 atom stereocenters. The van der Waals surface area contributed by atoms with Crippen LogP contribution in [-0.2, 0) is 19.1 Å². The fourth-order valence-electron chi connectivity index (χ4n) is 3.90. The molecular weight excluding hydrogens is 478 g/mol. The van der Waals surface area contributed by atoms with E-state index in [1.54, 1.807) is 29.3 Å². The van der Waals surface area contributed by atoms with Gasteiger partial charge >= 0.3 is 5.97 Å². The highest BCUT2D eigenvalue weighted by molar-refractivity contribution is 8.26. The molecule has 0 aliphatic carbocycles. The van der Waals surface area contributed by atoms with Crippen LogP contribution in [0.15, 0.2) is 34.1 Å². The fraction of sp³-hybridized carbons (Fsp3) is 0.364. The molecular formula is C22H23N5O5S2. The van der Waals surface area contributed by atoms with Crippen molar-refractivity contribution in [3.63, 3.8) is 0 Å². The van der Waals surface area contributed by atoms with Crippen LogP contribution in [-0.4, -0.2) is 69.2 Å². The third-order valence-corrected chi connectivity index (χ3v) is 6.91. The molecule has 0 unspecified atom stereocenters. The number of methoxy groups -OCH3 is 1. The number of esters is 1. The Hall–Kier alpha value is -3.25. The molecule has 2 aromatic heterocycles. The molecule has 2 amide bonds. The van der Waals surface area contributed by atoms with E-state index in [1.807, 2.05) is 6.92 Å². The van der Waals surface area contributed by atoms with Crippen LogP contribution >= 0.6 is 24.0 Å². The monoisotopic (exact) mass is 501 g/mol. The summed E-state index contributed by atoms with van der Waals surface area (Å²) in [5, 5.41) is 2.74. The number of amides is 2. The van der Waals surface area contributed by atoms with E-state index in [0.29, 0.717) is 34.5 Å². The van der Waals surface area contributed by atoms with Gasteiger partial charge in [0, 0.05) is 25.8 Å². The quantitative estimate of drug-likeness (QED) is 0.354. The molecule has 2 aliphatic heterocycles. The zero-order chi connectivity index (χ0) is 24.4. The van der Waals surface area contributed by atoms with Gasteiger partial charge < -0.3 is 15.0 Å². The molecule has 2 aliphatic rings. The molecule has 178 valence electrons. The second-order valence-corrected chi connectivity index (χ2v) is 9.37. The number of carbonyl (C=O) groups is 3. The minimum atomic E-state index is -0.916. The first kappa shape index (κ1) is 23.9. The summed E-state index contributed by atoms with van der Waals surface area (Å²) >= 11 is 6.48. The van der Waals surface area contributed by atoms with E-state index in [2.05, 4.69) is 10.3 Å². The van der Waals surface area contributed by atoms with Gasteiger partial charge in [0.15, 0.2) is 0 Å². The number of nitrogens with one attached hydrogen (secondary N) is 1. The van der Waals surface area contributed by atoms with Gasteiger partial charge in [0.05, 0.1) is 24.0 Å². The maximum atomic E-state index is 13.5. The van der Waals surface area contributed by atoms with Gasteiger partial charge in [-0.25, -0.2) is 4.98 Å². The molecule has 0 bridgehead atoms. The van der Waals surface area contributed by atoms with Crippen molar-refractivity contribution in [2.24, 2.45) is 0 Å². The average Bonchev–Trinajstić information content (AvgIpc) is 3.09. The number of carbonyl (C=O) groups excluding carboxylic acids is 3.